The van der Waals surface area contributed by atoms with Gasteiger partial charge in [-0.15, -0.1) is 0 Å². The summed E-state index contributed by atoms with van der Waals surface area (Å²) in [6.45, 7) is 4.41. The SMILES string of the molecule is C=C1[C@H](CO)[C@@H](O)C[C@@H]1N1CNC2C(=O)NC(N)NC21.O. The van der Waals surface area contributed by atoms with Gasteiger partial charge in [0.1, 0.15) is 12.3 Å². The fourth-order valence-electron chi connectivity index (χ4n) is 3.43. The second kappa shape index (κ2) is 5.97. The van der Waals surface area contributed by atoms with Crippen LogP contribution in [0.25, 0.3) is 0 Å². The maximum absolute atomic E-state index is 11.9. The quantitative estimate of drug-likeness (QED) is 0.284. The van der Waals surface area contributed by atoms with E-state index in [0.29, 0.717) is 13.1 Å². The van der Waals surface area contributed by atoms with Crippen LogP contribution >= 0.6 is 0 Å². The molecule has 1 aliphatic carbocycles. The number of nitrogens with two attached hydrogens (primary N) is 1. The third kappa shape index (κ3) is 2.57. The minimum atomic E-state index is -0.595. The minimum absolute atomic E-state index is 0. The van der Waals surface area contributed by atoms with Gasteiger partial charge in [0.2, 0.25) is 5.91 Å². The highest BCUT2D eigenvalue weighted by Crippen LogP contribution is 2.35. The van der Waals surface area contributed by atoms with Gasteiger partial charge < -0.3 is 21.0 Å². The highest BCUT2D eigenvalue weighted by atomic mass is 16.3. The molecule has 3 rings (SSSR count). The van der Waals surface area contributed by atoms with E-state index in [1.54, 1.807) is 0 Å². The Hall–Kier alpha value is -1.07. The number of aliphatic hydroxyl groups excluding tert-OH is 2. The third-order valence-corrected chi connectivity index (χ3v) is 4.53. The number of nitrogens with one attached hydrogen (secondary N) is 3. The van der Waals surface area contributed by atoms with E-state index in [4.69, 9.17) is 5.73 Å². The van der Waals surface area contributed by atoms with Gasteiger partial charge in [-0.25, -0.2) is 0 Å². The second-order valence-electron chi connectivity index (χ2n) is 5.63. The summed E-state index contributed by atoms with van der Waals surface area (Å²) in [6, 6.07) is -0.442. The summed E-state index contributed by atoms with van der Waals surface area (Å²) in [7, 11) is 0. The lowest BCUT2D eigenvalue weighted by Gasteiger charge is -2.37. The molecule has 2 aliphatic heterocycles. The van der Waals surface area contributed by atoms with Crippen LogP contribution in [0.3, 0.4) is 0 Å². The lowest BCUT2D eigenvalue weighted by atomic mass is 10.0. The first-order valence-electron chi connectivity index (χ1n) is 6.81. The fourth-order valence-corrected chi connectivity index (χ4v) is 3.43. The zero-order valence-electron chi connectivity index (χ0n) is 11.6. The summed E-state index contributed by atoms with van der Waals surface area (Å²) >= 11 is 0. The molecule has 120 valence electrons. The molecule has 0 aromatic heterocycles. The molecule has 0 spiro atoms. The van der Waals surface area contributed by atoms with E-state index in [2.05, 4.69) is 22.5 Å². The molecule has 3 fully saturated rings. The summed E-state index contributed by atoms with van der Waals surface area (Å²) in [5, 5.41) is 28.2. The van der Waals surface area contributed by atoms with Crippen molar-refractivity contribution in [3.05, 3.63) is 12.2 Å². The summed E-state index contributed by atoms with van der Waals surface area (Å²) < 4.78 is 0. The Morgan fingerprint density at radius 3 is 2.81 bits per heavy atom. The van der Waals surface area contributed by atoms with Crippen molar-refractivity contribution in [2.24, 2.45) is 11.7 Å². The van der Waals surface area contributed by atoms with Crippen molar-refractivity contribution in [2.75, 3.05) is 13.3 Å². The number of carbonyl (C=O) groups is 1. The van der Waals surface area contributed by atoms with Crippen LogP contribution in [0.2, 0.25) is 0 Å². The molecule has 0 aromatic rings. The van der Waals surface area contributed by atoms with Crippen molar-refractivity contribution in [3.63, 3.8) is 0 Å². The summed E-state index contributed by atoms with van der Waals surface area (Å²) in [4.78, 5) is 13.9. The van der Waals surface area contributed by atoms with Crippen molar-refractivity contribution in [3.8, 4) is 0 Å². The van der Waals surface area contributed by atoms with Crippen molar-refractivity contribution >= 4 is 5.91 Å². The summed E-state index contributed by atoms with van der Waals surface area (Å²) in [5.74, 6) is -0.434. The first-order valence-corrected chi connectivity index (χ1v) is 6.81. The molecule has 1 amide bonds. The molecule has 1 saturated carbocycles. The van der Waals surface area contributed by atoms with Gasteiger partial charge in [0, 0.05) is 12.0 Å². The molecule has 9 N–H and O–H groups in total. The number of fused-ring (bicyclic) bond motifs is 1. The van der Waals surface area contributed by atoms with Crippen LogP contribution in [-0.4, -0.2) is 70.4 Å². The maximum Gasteiger partial charge on any atom is 0.242 e. The summed E-state index contributed by atoms with van der Waals surface area (Å²) in [6.07, 6.45) is -0.903. The Morgan fingerprint density at radius 2 is 2.19 bits per heavy atom. The van der Waals surface area contributed by atoms with Crippen LogP contribution in [0, 0.1) is 5.92 Å². The Kier molecular flexibility index (Phi) is 4.63. The highest BCUT2D eigenvalue weighted by Gasteiger charge is 2.49. The van der Waals surface area contributed by atoms with Gasteiger partial charge in [-0.2, -0.15) is 0 Å². The van der Waals surface area contributed by atoms with Crippen LogP contribution in [0.5, 0.6) is 0 Å². The van der Waals surface area contributed by atoms with E-state index >= 15 is 0 Å². The van der Waals surface area contributed by atoms with Gasteiger partial charge in [0.05, 0.1) is 25.5 Å². The molecular weight excluding hydrogens is 278 g/mol. The number of carbonyl (C=O) groups excluding carboxylic acids is 1. The van der Waals surface area contributed by atoms with Gasteiger partial charge in [-0.05, 0) is 6.42 Å². The molecule has 2 heterocycles. The molecule has 21 heavy (non-hydrogen) atoms. The van der Waals surface area contributed by atoms with Crippen molar-refractivity contribution in [1.82, 2.24) is 20.9 Å². The highest BCUT2D eigenvalue weighted by molar-refractivity contribution is 5.84. The molecule has 9 nitrogen and oxygen atoms in total. The molecule has 3 unspecified atom stereocenters. The van der Waals surface area contributed by atoms with Gasteiger partial charge in [0.15, 0.2) is 0 Å². The number of aliphatic hydroxyl groups is 2. The smallest absolute Gasteiger partial charge is 0.242 e. The van der Waals surface area contributed by atoms with E-state index in [0.717, 1.165) is 5.57 Å². The number of amides is 1. The molecule has 2 saturated heterocycles. The van der Waals surface area contributed by atoms with E-state index in [-0.39, 0.29) is 42.2 Å². The Labute approximate surface area is 122 Å². The van der Waals surface area contributed by atoms with E-state index < -0.39 is 12.4 Å². The van der Waals surface area contributed by atoms with Crippen LogP contribution in [0.1, 0.15) is 6.42 Å². The number of hydrogen-bond donors (Lipinski definition) is 6. The monoisotopic (exact) mass is 301 g/mol. The first kappa shape index (κ1) is 16.3. The molecule has 0 bridgehead atoms. The van der Waals surface area contributed by atoms with Crippen LogP contribution in [-0.2, 0) is 4.79 Å². The average Bonchev–Trinajstić information content (AvgIpc) is 2.91. The van der Waals surface area contributed by atoms with Crippen LogP contribution in [0.15, 0.2) is 12.2 Å². The maximum atomic E-state index is 11.9. The molecule has 9 heteroatoms. The fraction of sp³-hybridized carbons (Fsp3) is 0.750. The minimum Gasteiger partial charge on any atom is -0.412 e. The van der Waals surface area contributed by atoms with E-state index in [1.807, 2.05) is 4.90 Å². The van der Waals surface area contributed by atoms with Crippen LogP contribution in [0.4, 0.5) is 0 Å². The average molecular weight is 301 g/mol. The Morgan fingerprint density at radius 1 is 1.48 bits per heavy atom. The van der Waals surface area contributed by atoms with Crippen LogP contribution < -0.4 is 21.7 Å². The zero-order valence-corrected chi connectivity index (χ0v) is 11.6. The van der Waals surface area contributed by atoms with Gasteiger partial charge in [-0.3, -0.25) is 26.1 Å². The Balaban J connectivity index is 0.00000161. The number of hydrogen-bond acceptors (Lipinski definition) is 7. The van der Waals surface area contributed by atoms with E-state index in [1.165, 1.54) is 0 Å². The number of nitrogens with zero attached hydrogens (tertiary/aromatic N) is 1. The third-order valence-electron chi connectivity index (χ3n) is 4.53. The summed E-state index contributed by atoms with van der Waals surface area (Å²) in [5.41, 5.74) is 6.56. The lowest BCUT2D eigenvalue weighted by molar-refractivity contribution is -0.127. The predicted molar refractivity (Wildman–Crippen MR) is 74.4 cm³/mol. The molecule has 3 aliphatic rings. The Bertz CT molecular complexity index is 434. The lowest BCUT2D eigenvalue weighted by Crippen LogP contribution is -2.70. The number of rotatable bonds is 2. The van der Waals surface area contributed by atoms with Crippen molar-refractivity contribution in [1.29, 1.82) is 0 Å². The molecule has 0 aromatic carbocycles. The molecule has 0 radical (unpaired) electrons. The molecule has 6 atom stereocenters. The van der Waals surface area contributed by atoms with Gasteiger partial charge in [-0.1, -0.05) is 12.2 Å². The molecular formula is C12H23N5O4. The van der Waals surface area contributed by atoms with Crippen molar-refractivity contribution in [2.45, 2.75) is 37.1 Å². The largest absolute Gasteiger partial charge is 0.412 e. The first-order chi connectivity index (χ1) is 9.52. The van der Waals surface area contributed by atoms with E-state index in [9.17, 15) is 15.0 Å². The topological polar surface area (TPSA) is 154 Å². The van der Waals surface area contributed by atoms with Gasteiger partial charge in [0.25, 0.3) is 0 Å². The normalized spacial score (nSPS) is 43.4. The standard InChI is InChI=1S/C12H21N5O3.H2O/c1-5-6(3-18)8(19)2-7(5)17-4-14-9-10(17)15-12(13)16-11(9)20;/h6-10,12,14-15,18-19H,1-4,13H2,(H,16,20);1H2/t6-,7-,8-,9?,10?,12?;/m0./s1. The van der Waals surface area contributed by atoms with Crippen molar-refractivity contribution < 1.29 is 20.5 Å². The predicted octanol–water partition coefficient (Wildman–Crippen LogP) is -4.02. The van der Waals surface area contributed by atoms with Gasteiger partial charge >= 0.3 is 0 Å². The second-order valence-corrected chi connectivity index (χ2v) is 5.63. The zero-order chi connectivity index (χ0) is 14.4.